The molecule has 0 fully saturated rings. The molecule has 19 heteroatoms. The van der Waals surface area contributed by atoms with Crippen molar-refractivity contribution in [3.8, 4) is 0 Å². The normalized spacial score (nSPS) is 14.6. The second kappa shape index (κ2) is 69.2. The minimum atomic E-state index is -4.99. The van der Waals surface area contributed by atoms with Gasteiger partial charge in [-0.2, -0.15) is 0 Å². The summed E-state index contributed by atoms with van der Waals surface area (Å²) in [7, 11) is -9.97. The molecule has 0 amide bonds. The lowest BCUT2D eigenvalue weighted by Gasteiger charge is -2.21. The van der Waals surface area contributed by atoms with E-state index in [1.54, 1.807) is 6.08 Å². The molecule has 3 N–H and O–H groups in total. The second-order valence-electron chi connectivity index (χ2n) is 24.5. The Morgan fingerprint density at radius 3 is 0.969 bits per heavy atom. The van der Waals surface area contributed by atoms with Gasteiger partial charge >= 0.3 is 39.5 Å². The first-order valence-electron chi connectivity index (χ1n) is 37.1. The van der Waals surface area contributed by atoms with E-state index in [1.165, 1.54) is 77.0 Å². The van der Waals surface area contributed by atoms with Gasteiger partial charge in [0.25, 0.3) is 0 Å². The van der Waals surface area contributed by atoms with E-state index >= 15 is 0 Å². The summed E-state index contributed by atoms with van der Waals surface area (Å²) in [5, 5.41) is 10.6. The van der Waals surface area contributed by atoms with Gasteiger partial charge in [0.05, 0.1) is 32.8 Å². The molecule has 0 aromatic rings. The first-order valence-corrected chi connectivity index (χ1v) is 40.1. The predicted octanol–water partition coefficient (Wildman–Crippen LogP) is 21.0. The van der Waals surface area contributed by atoms with Crippen LogP contribution < -0.4 is 0 Å². The number of hydrogen-bond donors (Lipinski definition) is 3. The average Bonchev–Trinajstić information content (AvgIpc) is 1.11. The maximum absolute atomic E-state index is 13.1. The lowest BCUT2D eigenvalue weighted by Crippen LogP contribution is -2.30. The van der Waals surface area contributed by atoms with E-state index in [0.29, 0.717) is 25.7 Å². The molecule has 0 aliphatic heterocycles. The molecule has 0 saturated carbocycles. The van der Waals surface area contributed by atoms with Crippen LogP contribution in [0.1, 0.15) is 297 Å². The number of esters is 4. The van der Waals surface area contributed by atoms with Crippen LogP contribution in [0.5, 0.6) is 0 Å². The van der Waals surface area contributed by atoms with Gasteiger partial charge < -0.3 is 33.8 Å². The highest BCUT2D eigenvalue weighted by Crippen LogP contribution is 2.45. The summed E-state index contributed by atoms with van der Waals surface area (Å²) in [4.78, 5) is 72.6. The van der Waals surface area contributed by atoms with Gasteiger partial charge in [-0.25, -0.2) is 9.13 Å². The number of ether oxygens (including phenoxy) is 4. The van der Waals surface area contributed by atoms with Crippen molar-refractivity contribution in [2.75, 3.05) is 39.6 Å². The highest BCUT2D eigenvalue weighted by Gasteiger charge is 2.30. The molecule has 552 valence electrons. The van der Waals surface area contributed by atoms with Crippen molar-refractivity contribution in [1.29, 1.82) is 0 Å². The van der Waals surface area contributed by atoms with E-state index in [4.69, 9.17) is 37.0 Å². The summed E-state index contributed by atoms with van der Waals surface area (Å²) in [6.45, 7) is 4.47. The Morgan fingerprint density at radius 2 is 0.594 bits per heavy atom. The van der Waals surface area contributed by atoms with Crippen molar-refractivity contribution in [2.45, 2.75) is 316 Å². The van der Waals surface area contributed by atoms with E-state index in [0.717, 1.165) is 141 Å². The van der Waals surface area contributed by atoms with E-state index in [1.807, 2.05) is 18.2 Å². The van der Waals surface area contributed by atoms with Crippen LogP contribution in [0.25, 0.3) is 0 Å². The topological polar surface area (TPSA) is 237 Å². The number of phosphoric acid groups is 2. The van der Waals surface area contributed by atoms with Crippen LogP contribution in [0.15, 0.2) is 109 Å². The standard InChI is InChI=1S/C77H132O17P2/c1-5-9-13-17-21-25-29-32-35-38-42-45-49-53-57-61-74(79)87-67-72(93-76(81)63-59-55-51-47-41-28-24-20-16-12-8-4)69-91-95(83,84)89-65-71(78)66-90-96(85,86)92-70-73(94-77(82)64-60-56-52-48-44-40-37-34-31-27-23-19-15-11-7-3)68-88-75(80)62-58-54-50-46-43-39-36-33-30-26-22-18-14-10-6-2/h9-10,13-14,20-22,24-26,32-33,35-36,42,45,53,57,71-73,78H,5-8,11-12,15-19,23,27-31,34,37-41,43-44,46-52,54-56,58-70H2,1-4H3,(H,83,84)(H,85,86)/b13-9-,14-10-,24-20-,25-21-,26-22-,35-32-,36-33-,45-42-,57-53-. The van der Waals surface area contributed by atoms with Crippen molar-refractivity contribution in [1.82, 2.24) is 0 Å². The fraction of sp³-hybridized carbons (Fsp3) is 0.714. The number of aliphatic hydroxyl groups is 1. The Labute approximate surface area is 581 Å². The van der Waals surface area contributed by atoms with Crippen molar-refractivity contribution >= 4 is 39.5 Å². The first-order chi connectivity index (χ1) is 46.7. The number of allylic oxidation sites excluding steroid dienone is 17. The molecule has 17 nitrogen and oxygen atoms in total. The number of carbonyl (C=O) groups excluding carboxylic acids is 4. The van der Waals surface area contributed by atoms with Gasteiger partial charge in [-0.1, -0.05) is 278 Å². The number of rotatable bonds is 69. The average molecular weight is 1390 g/mol. The molecule has 0 aromatic heterocycles. The first kappa shape index (κ1) is 91.7. The molecule has 5 unspecified atom stereocenters. The van der Waals surface area contributed by atoms with Gasteiger partial charge in [-0.3, -0.25) is 37.3 Å². The quantitative estimate of drug-likeness (QED) is 0.0169. The van der Waals surface area contributed by atoms with Crippen LogP contribution in [0, 0.1) is 0 Å². The van der Waals surface area contributed by atoms with Crippen LogP contribution in [0.2, 0.25) is 0 Å². The van der Waals surface area contributed by atoms with Gasteiger partial charge in [0.1, 0.15) is 19.3 Å². The Kier molecular flexibility index (Phi) is 66.1. The molecule has 5 atom stereocenters. The highest BCUT2D eigenvalue weighted by molar-refractivity contribution is 7.47. The number of hydrogen-bond acceptors (Lipinski definition) is 15. The van der Waals surface area contributed by atoms with Crippen molar-refractivity contribution in [3.05, 3.63) is 109 Å². The SMILES string of the molecule is CC/C=C\C/C=C\C/C=C\C/C=C\C/C=C\CC(=O)OCC(COP(=O)(O)OCC(O)COP(=O)(O)OCC(COC(=O)CCCCCCC/C=C\C/C=C\C/C=C\CC)OC(=O)CCCCCCCCCCCCCCCCC)OC(=O)CCCCCCC/C=C\CCCC. The second-order valence-corrected chi connectivity index (χ2v) is 27.4. The third kappa shape index (κ3) is 68.3. The molecule has 0 heterocycles. The fourth-order valence-electron chi connectivity index (χ4n) is 9.64. The molecule has 0 radical (unpaired) electrons. The monoisotopic (exact) mass is 1390 g/mol. The summed E-state index contributed by atoms with van der Waals surface area (Å²) >= 11 is 0. The predicted molar refractivity (Wildman–Crippen MR) is 390 cm³/mol. The molecule has 0 aliphatic carbocycles. The Morgan fingerprint density at radius 1 is 0.312 bits per heavy atom. The molecule has 0 rings (SSSR count). The summed E-state index contributed by atoms with van der Waals surface area (Å²) in [6, 6.07) is 0. The molecular formula is C77H132O17P2. The van der Waals surface area contributed by atoms with Crippen molar-refractivity contribution < 1.29 is 80.2 Å². The van der Waals surface area contributed by atoms with Gasteiger partial charge in [-0.05, 0) is 103 Å². The molecule has 0 spiro atoms. The minimum Gasteiger partial charge on any atom is -0.462 e. The summed E-state index contributed by atoms with van der Waals surface area (Å²) in [5.74, 6) is -2.34. The van der Waals surface area contributed by atoms with Gasteiger partial charge in [0.15, 0.2) is 12.2 Å². The Hall–Kier alpha value is -4.28. The van der Waals surface area contributed by atoms with E-state index in [-0.39, 0.29) is 25.7 Å². The van der Waals surface area contributed by atoms with Gasteiger partial charge in [0, 0.05) is 19.3 Å². The molecule has 0 aliphatic rings. The Bertz CT molecular complexity index is 2250. The largest absolute Gasteiger partial charge is 0.472 e. The van der Waals surface area contributed by atoms with Crippen LogP contribution in [0.4, 0.5) is 0 Å². The highest BCUT2D eigenvalue weighted by atomic mass is 31.2. The van der Waals surface area contributed by atoms with E-state index in [2.05, 4.69) is 113 Å². The summed E-state index contributed by atoms with van der Waals surface area (Å²) < 4.78 is 68.2. The number of unbranched alkanes of at least 4 members (excludes halogenated alkanes) is 26. The number of aliphatic hydroxyl groups excluding tert-OH is 1. The van der Waals surface area contributed by atoms with Crippen LogP contribution in [0.3, 0.4) is 0 Å². The molecule has 0 aromatic carbocycles. The third-order valence-corrected chi connectivity index (χ3v) is 17.2. The zero-order chi connectivity index (χ0) is 70.4. The molecular weight excluding hydrogens is 1260 g/mol. The lowest BCUT2D eigenvalue weighted by atomic mass is 10.0. The number of carbonyl (C=O) groups is 4. The van der Waals surface area contributed by atoms with Crippen molar-refractivity contribution in [2.24, 2.45) is 0 Å². The fourth-order valence-corrected chi connectivity index (χ4v) is 11.2. The Balaban J connectivity index is 5.39. The van der Waals surface area contributed by atoms with Gasteiger partial charge in [-0.15, -0.1) is 0 Å². The summed E-state index contributed by atoms with van der Waals surface area (Å²) in [5.41, 5.74) is 0. The smallest absolute Gasteiger partial charge is 0.462 e. The van der Waals surface area contributed by atoms with E-state index < -0.39 is 97.5 Å². The summed E-state index contributed by atoms with van der Waals surface area (Å²) in [6.07, 6.45) is 72.7. The maximum Gasteiger partial charge on any atom is 0.472 e. The van der Waals surface area contributed by atoms with Crippen LogP contribution in [-0.4, -0.2) is 96.7 Å². The van der Waals surface area contributed by atoms with Crippen LogP contribution >= 0.6 is 15.6 Å². The third-order valence-electron chi connectivity index (χ3n) is 15.3. The maximum atomic E-state index is 13.1. The van der Waals surface area contributed by atoms with E-state index in [9.17, 15) is 43.2 Å². The number of phosphoric ester groups is 2. The van der Waals surface area contributed by atoms with Crippen molar-refractivity contribution in [3.63, 3.8) is 0 Å². The zero-order valence-electron chi connectivity index (χ0n) is 60.0. The molecule has 96 heavy (non-hydrogen) atoms. The minimum absolute atomic E-state index is 0.0639. The van der Waals surface area contributed by atoms with Crippen LogP contribution in [-0.2, 0) is 65.4 Å². The lowest BCUT2D eigenvalue weighted by molar-refractivity contribution is -0.161. The molecule has 0 saturated heterocycles. The molecule has 0 bridgehead atoms. The zero-order valence-corrected chi connectivity index (χ0v) is 61.8. The van der Waals surface area contributed by atoms with Gasteiger partial charge in [0.2, 0.25) is 0 Å².